The Bertz CT molecular complexity index is 884. The molecule has 0 amide bonds. The SMILES string of the molecule is Cc1cccc(NCc2ccc3c(C)cc(C)c(O)c3n2)c1C. The molecule has 0 bridgehead atoms. The third-order valence-corrected chi connectivity index (χ3v) is 4.47. The molecule has 0 saturated heterocycles. The zero-order valence-corrected chi connectivity index (χ0v) is 14.1. The molecule has 1 heterocycles. The topological polar surface area (TPSA) is 45.1 Å². The van der Waals surface area contributed by atoms with Gasteiger partial charge in [-0.1, -0.05) is 24.3 Å². The number of anilines is 1. The van der Waals surface area contributed by atoms with Crippen LogP contribution in [0, 0.1) is 27.7 Å². The van der Waals surface area contributed by atoms with Crippen LogP contribution in [-0.2, 0) is 6.54 Å². The zero-order valence-electron chi connectivity index (χ0n) is 14.1. The summed E-state index contributed by atoms with van der Waals surface area (Å²) in [6.45, 7) is 8.81. The van der Waals surface area contributed by atoms with E-state index in [1.807, 2.05) is 32.0 Å². The van der Waals surface area contributed by atoms with Crippen molar-refractivity contribution in [3.8, 4) is 5.75 Å². The molecule has 2 N–H and O–H groups in total. The number of nitrogens with zero attached hydrogens (tertiary/aromatic N) is 1. The second-order valence-corrected chi connectivity index (χ2v) is 6.16. The largest absolute Gasteiger partial charge is 0.505 e. The molecule has 1 aromatic heterocycles. The van der Waals surface area contributed by atoms with Crippen LogP contribution in [0.3, 0.4) is 0 Å². The normalized spacial score (nSPS) is 11.0. The van der Waals surface area contributed by atoms with Crippen molar-refractivity contribution < 1.29 is 5.11 Å². The highest BCUT2D eigenvalue weighted by Gasteiger charge is 2.09. The lowest BCUT2D eigenvalue weighted by Gasteiger charge is -2.12. The first kappa shape index (κ1) is 15.3. The van der Waals surface area contributed by atoms with Crippen molar-refractivity contribution in [3.63, 3.8) is 0 Å². The van der Waals surface area contributed by atoms with Crippen LogP contribution in [0.5, 0.6) is 5.75 Å². The van der Waals surface area contributed by atoms with E-state index in [9.17, 15) is 5.11 Å². The summed E-state index contributed by atoms with van der Waals surface area (Å²) in [6.07, 6.45) is 0. The Hall–Kier alpha value is -2.55. The van der Waals surface area contributed by atoms with Gasteiger partial charge in [-0.05, 0) is 62.1 Å². The summed E-state index contributed by atoms with van der Waals surface area (Å²) in [4.78, 5) is 4.65. The molecule has 118 valence electrons. The van der Waals surface area contributed by atoms with Crippen LogP contribution < -0.4 is 5.32 Å². The minimum atomic E-state index is 0.277. The number of aromatic hydroxyl groups is 1. The number of pyridine rings is 1. The number of phenolic OH excluding ortho intramolecular Hbond substituents is 1. The maximum Gasteiger partial charge on any atom is 0.144 e. The molecule has 0 unspecified atom stereocenters. The number of hydrogen-bond donors (Lipinski definition) is 2. The zero-order chi connectivity index (χ0) is 16.6. The molecule has 2 aromatic carbocycles. The maximum absolute atomic E-state index is 10.3. The van der Waals surface area contributed by atoms with E-state index in [0.29, 0.717) is 12.1 Å². The van der Waals surface area contributed by atoms with Gasteiger partial charge in [0.05, 0.1) is 12.2 Å². The average Bonchev–Trinajstić information content (AvgIpc) is 2.54. The summed E-state index contributed by atoms with van der Waals surface area (Å²) < 4.78 is 0. The standard InChI is InChI=1S/C20H22N2O/c1-12-6-5-7-18(15(12)4)21-11-16-8-9-17-13(2)10-14(3)20(23)19(17)22-16/h5-10,21,23H,11H2,1-4H3. The van der Waals surface area contributed by atoms with E-state index in [-0.39, 0.29) is 5.75 Å². The molecule has 0 fully saturated rings. The van der Waals surface area contributed by atoms with Gasteiger partial charge >= 0.3 is 0 Å². The monoisotopic (exact) mass is 306 g/mol. The molecule has 0 saturated carbocycles. The molecular weight excluding hydrogens is 284 g/mol. The number of rotatable bonds is 3. The summed E-state index contributed by atoms with van der Waals surface area (Å²) in [5.41, 5.74) is 7.24. The van der Waals surface area contributed by atoms with Gasteiger partial charge in [0.25, 0.3) is 0 Å². The Balaban J connectivity index is 1.92. The van der Waals surface area contributed by atoms with Crippen molar-refractivity contribution >= 4 is 16.6 Å². The second-order valence-electron chi connectivity index (χ2n) is 6.16. The van der Waals surface area contributed by atoms with Gasteiger partial charge in [-0.3, -0.25) is 0 Å². The fraction of sp³-hybridized carbons (Fsp3) is 0.250. The lowest BCUT2D eigenvalue weighted by atomic mass is 10.0. The van der Waals surface area contributed by atoms with Crippen molar-refractivity contribution in [2.24, 2.45) is 0 Å². The molecule has 0 atom stereocenters. The summed E-state index contributed by atoms with van der Waals surface area (Å²) in [5, 5.41) is 14.7. The number of benzene rings is 2. The molecule has 0 aliphatic carbocycles. The number of nitrogens with one attached hydrogen (secondary N) is 1. The Morgan fingerprint density at radius 1 is 0.957 bits per heavy atom. The van der Waals surface area contributed by atoms with Crippen LogP contribution in [0.2, 0.25) is 0 Å². The van der Waals surface area contributed by atoms with Gasteiger partial charge in [-0.25, -0.2) is 4.98 Å². The number of fused-ring (bicyclic) bond motifs is 1. The molecule has 23 heavy (non-hydrogen) atoms. The van der Waals surface area contributed by atoms with E-state index < -0.39 is 0 Å². The molecule has 3 aromatic rings. The second kappa shape index (κ2) is 5.92. The van der Waals surface area contributed by atoms with Gasteiger partial charge in [0.2, 0.25) is 0 Å². The number of aromatic nitrogens is 1. The Kier molecular flexibility index (Phi) is 3.95. The lowest BCUT2D eigenvalue weighted by molar-refractivity contribution is 0.476. The first-order valence-electron chi connectivity index (χ1n) is 7.86. The van der Waals surface area contributed by atoms with E-state index in [2.05, 4.69) is 42.3 Å². The van der Waals surface area contributed by atoms with Gasteiger partial charge in [0.1, 0.15) is 11.3 Å². The third-order valence-electron chi connectivity index (χ3n) is 4.47. The minimum absolute atomic E-state index is 0.277. The van der Waals surface area contributed by atoms with Crippen molar-refractivity contribution in [1.82, 2.24) is 4.98 Å². The van der Waals surface area contributed by atoms with E-state index in [4.69, 9.17) is 0 Å². The van der Waals surface area contributed by atoms with Gasteiger partial charge < -0.3 is 10.4 Å². The highest BCUT2D eigenvalue weighted by atomic mass is 16.3. The van der Waals surface area contributed by atoms with Crippen LogP contribution >= 0.6 is 0 Å². The maximum atomic E-state index is 10.3. The van der Waals surface area contributed by atoms with Gasteiger partial charge in [0, 0.05) is 11.1 Å². The fourth-order valence-corrected chi connectivity index (χ4v) is 2.88. The molecule has 0 spiro atoms. The van der Waals surface area contributed by atoms with Crippen molar-refractivity contribution in [2.45, 2.75) is 34.2 Å². The molecule has 3 rings (SSSR count). The van der Waals surface area contributed by atoms with Gasteiger partial charge in [-0.2, -0.15) is 0 Å². The predicted octanol–water partition coefficient (Wildman–Crippen LogP) is 4.79. The quantitative estimate of drug-likeness (QED) is 0.731. The Labute approximate surface area is 137 Å². The van der Waals surface area contributed by atoms with Crippen molar-refractivity contribution in [2.75, 3.05) is 5.32 Å². The first-order valence-corrected chi connectivity index (χ1v) is 7.86. The van der Waals surface area contributed by atoms with Crippen molar-refractivity contribution in [1.29, 1.82) is 0 Å². The minimum Gasteiger partial charge on any atom is -0.505 e. The molecule has 0 aliphatic rings. The molecule has 3 nitrogen and oxygen atoms in total. The average molecular weight is 306 g/mol. The van der Waals surface area contributed by atoms with Crippen LogP contribution in [0.25, 0.3) is 10.9 Å². The number of aryl methyl sites for hydroxylation is 3. The van der Waals surface area contributed by atoms with Crippen LogP contribution in [0.4, 0.5) is 5.69 Å². The van der Waals surface area contributed by atoms with Gasteiger partial charge in [0.15, 0.2) is 0 Å². The smallest absolute Gasteiger partial charge is 0.144 e. The summed E-state index contributed by atoms with van der Waals surface area (Å²) in [6, 6.07) is 12.3. The summed E-state index contributed by atoms with van der Waals surface area (Å²) in [7, 11) is 0. The third kappa shape index (κ3) is 2.87. The van der Waals surface area contributed by atoms with Gasteiger partial charge in [-0.15, -0.1) is 0 Å². The summed E-state index contributed by atoms with van der Waals surface area (Å²) >= 11 is 0. The Morgan fingerprint density at radius 2 is 1.74 bits per heavy atom. The van der Waals surface area contributed by atoms with E-state index in [1.54, 1.807) is 0 Å². The molecular formula is C20H22N2O. The van der Waals surface area contributed by atoms with E-state index in [1.165, 1.54) is 11.1 Å². The predicted molar refractivity (Wildman–Crippen MR) is 96.1 cm³/mol. The van der Waals surface area contributed by atoms with Crippen LogP contribution in [-0.4, -0.2) is 10.1 Å². The number of phenols is 1. The first-order chi connectivity index (χ1) is 11.0. The fourth-order valence-electron chi connectivity index (χ4n) is 2.88. The highest BCUT2D eigenvalue weighted by molar-refractivity contribution is 5.88. The van der Waals surface area contributed by atoms with Crippen LogP contribution in [0.1, 0.15) is 27.9 Å². The summed E-state index contributed by atoms with van der Waals surface area (Å²) in [5.74, 6) is 0.277. The lowest BCUT2D eigenvalue weighted by Crippen LogP contribution is -2.04. The molecule has 0 aliphatic heterocycles. The van der Waals surface area contributed by atoms with E-state index >= 15 is 0 Å². The van der Waals surface area contributed by atoms with E-state index in [0.717, 1.165) is 27.9 Å². The highest BCUT2D eigenvalue weighted by Crippen LogP contribution is 2.30. The van der Waals surface area contributed by atoms with Crippen molar-refractivity contribution in [3.05, 3.63) is 64.3 Å². The molecule has 3 heteroatoms. The Morgan fingerprint density at radius 3 is 2.52 bits per heavy atom. The molecule has 0 radical (unpaired) electrons. The van der Waals surface area contributed by atoms with Crippen LogP contribution in [0.15, 0.2) is 36.4 Å². The number of hydrogen-bond acceptors (Lipinski definition) is 3.